The van der Waals surface area contributed by atoms with E-state index in [4.69, 9.17) is 4.99 Å². The molecule has 48 heavy (non-hydrogen) atoms. The standard InChI is InChI=1S/C46H40N2/c1-46(2)41-28-44-40(27-42(41)47-45(46)30-12-4-3-5-13-30)38-18-10-11-19-43(38)48(44)32-23-20-29(21-24-32)31-22-25-37-35-16-7-6-14-33(35)34-15-8-9-17-36(34)39(37)26-31/h3-5,7,9,11-13,16-17,19-21,23-24,26-28H,6,8,10,14-15,18,22,25H2,1-2H3. The first kappa shape index (κ1) is 28.1. The Labute approximate surface area is 283 Å². The van der Waals surface area contributed by atoms with Gasteiger partial charge in [-0.05, 0) is 143 Å². The van der Waals surface area contributed by atoms with Gasteiger partial charge < -0.3 is 4.57 Å². The molecule has 0 radical (unpaired) electrons. The van der Waals surface area contributed by atoms with E-state index in [2.05, 4.69) is 128 Å². The van der Waals surface area contributed by atoms with Crippen LogP contribution >= 0.6 is 0 Å². The molecule has 5 aromatic rings. The minimum atomic E-state index is -0.173. The highest BCUT2D eigenvalue weighted by molar-refractivity contribution is 6.13. The summed E-state index contributed by atoms with van der Waals surface area (Å²) in [6.07, 6.45) is 25.9. The molecule has 0 bridgehead atoms. The Morgan fingerprint density at radius 3 is 2.12 bits per heavy atom. The van der Waals surface area contributed by atoms with Crippen LogP contribution in [-0.2, 0) is 31.1 Å². The molecule has 234 valence electrons. The van der Waals surface area contributed by atoms with Crippen molar-refractivity contribution < 1.29 is 0 Å². The van der Waals surface area contributed by atoms with E-state index in [1.54, 1.807) is 16.7 Å². The molecule has 0 saturated heterocycles. The van der Waals surface area contributed by atoms with Crippen molar-refractivity contribution >= 4 is 52.2 Å². The van der Waals surface area contributed by atoms with Gasteiger partial charge in [-0.1, -0.05) is 92.8 Å². The normalized spacial score (nSPS) is 18.1. The maximum Gasteiger partial charge on any atom is 0.0682 e. The quantitative estimate of drug-likeness (QED) is 0.191. The molecule has 0 unspecified atom stereocenters. The minimum absolute atomic E-state index is 0.173. The van der Waals surface area contributed by atoms with Crippen LogP contribution in [0.3, 0.4) is 0 Å². The van der Waals surface area contributed by atoms with Crippen molar-refractivity contribution in [1.29, 1.82) is 0 Å². The van der Waals surface area contributed by atoms with Crippen LogP contribution in [-0.4, -0.2) is 10.3 Å². The average Bonchev–Trinajstić information content (AvgIpc) is 3.61. The number of hydrogen-bond donors (Lipinski definition) is 0. The first-order valence-corrected chi connectivity index (χ1v) is 17.9. The first-order chi connectivity index (χ1) is 23.6. The second-order valence-electron chi connectivity index (χ2n) is 14.8. The number of aryl methyl sites for hydroxylation is 1. The fourth-order valence-corrected chi connectivity index (χ4v) is 9.34. The van der Waals surface area contributed by atoms with Crippen molar-refractivity contribution in [3.8, 4) is 5.69 Å². The monoisotopic (exact) mass is 620 g/mol. The molecule has 5 aliphatic rings. The molecule has 4 aliphatic carbocycles. The molecule has 0 amide bonds. The molecule has 2 heteroatoms. The summed E-state index contributed by atoms with van der Waals surface area (Å²) < 4.78 is 2.51. The van der Waals surface area contributed by atoms with Crippen molar-refractivity contribution in [2.75, 3.05) is 0 Å². The Morgan fingerprint density at radius 2 is 1.33 bits per heavy atom. The van der Waals surface area contributed by atoms with Crippen LogP contribution in [0.5, 0.6) is 0 Å². The molecule has 10 rings (SSSR count). The van der Waals surface area contributed by atoms with Crippen LogP contribution in [0.15, 0.2) is 90.0 Å². The predicted octanol–water partition coefficient (Wildman–Crippen LogP) is 11.4. The second kappa shape index (κ2) is 10.5. The molecule has 1 aliphatic heterocycles. The van der Waals surface area contributed by atoms with E-state index in [-0.39, 0.29) is 5.41 Å². The Bertz CT molecular complexity index is 2330. The molecule has 0 spiro atoms. The molecule has 2 heterocycles. The summed E-state index contributed by atoms with van der Waals surface area (Å²) in [5.41, 5.74) is 22.0. The fourth-order valence-electron chi connectivity index (χ4n) is 9.34. The molecular formula is C46H40N2. The van der Waals surface area contributed by atoms with Crippen molar-refractivity contribution in [2.45, 2.75) is 70.6 Å². The average molecular weight is 621 g/mol. The van der Waals surface area contributed by atoms with E-state index in [9.17, 15) is 0 Å². The fraction of sp³-hybridized carbons (Fsp3) is 0.239. The molecule has 0 atom stereocenters. The molecule has 4 aromatic carbocycles. The van der Waals surface area contributed by atoms with Gasteiger partial charge >= 0.3 is 0 Å². The Balaban J connectivity index is 1.07. The summed E-state index contributed by atoms with van der Waals surface area (Å²) in [6.45, 7) is 4.65. The number of allylic oxidation sites excluding steroid dienone is 4. The van der Waals surface area contributed by atoms with Crippen molar-refractivity contribution in [3.05, 3.63) is 146 Å². The zero-order chi connectivity index (χ0) is 32.0. The van der Waals surface area contributed by atoms with Crippen LogP contribution in [0.1, 0.15) is 101 Å². The van der Waals surface area contributed by atoms with E-state index in [0.29, 0.717) is 0 Å². The Morgan fingerprint density at radius 1 is 0.625 bits per heavy atom. The topological polar surface area (TPSA) is 17.3 Å². The highest BCUT2D eigenvalue weighted by Crippen LogP contribution is 2.47. The highest BCUT2D eigenvalue weighted by Gasteiger charge is 2.37. The van der Waals surface area contributed by atoms with Crippen LogP contribution in [0.2, 0.25) is 0 Å². The van der Waals surface area contributed by atoms with E-state index >= 15 is 0 Å². The summed E-state index contributed by atoms with van der Waals surface area (Å²) in [5.74, 6) is 0. The SMILES string of the molecule is CC1(C)C(c2ccccc2)=Nc2cc3c4c(n(-c5ccc(C6=Cc7c8c(c9c(c7CC6)C=CCC9)CCC=C8)cc5)c3cc21)C=CCC4. The van der Waals surface area contributed by atoms with E-state index < -0.39 is 0 Å². The Kier molecular flexibility index (Phi) is 6.16. The van der Waals surface area contributed by atoms with E-state index in [1.165, 1.54) is 86.1 Å². The molecule has 0 N–H and O–H groups in total. The molecule has 1 aromatic heterocycles. The van der Waals surface area contributed by atoms with Crippen molar-refractivity contribution in [3.63, 3.8) is 0 Å². The number of rotatable bonds is 3. The number of fused-ring (bicyclic) bond motifs is 10. The number of hydrogen-bond acceptors (Lipinski definition) is 1. The largest absolute Gasteiger partial charge is 0.310 e. The lowest BCUT2D eigenvalue weighted by atomic mass is 9.75. The lowest BCUT2D eigenvalue weighted by Gasteiger charge is -2.29. The Hall–Kier alpha value is -4.95. The summed E-state index contributed by atoms with van der Waals surface area (Å²) in [6, 6.07) is 24.9. The van der Waals surface area contributed by atoms with Crippen LogP contribution in [0.4, 0.5) is 5.69 Å². The van der Waals surface area contributed by atoms with Gasteiger partial charge in [0.25, 0.3) is 0 Å². The zero-order valence-electron chi connectivity index (χ0n) is 27.9. The lowest BCUT2D eigenvalue weighted by molar-refractivity contribution is 0.738. The maximum atomic E-state index is 5.26. The number of benzene rings is 4. The summed E-state index contributed by atoms with van der Waals surface area (Å²) in [5, 5.41) is 1.34. The van der Waals surface area contributed by atoms with Gasteiger partial charge in [0.15, 0.2) is 0 Å². The van der Waals surface area contributed by atoms with Gasteiger partial charge in [0.1, 0.15) is 0 Å². The third-order valence-corrected chi connectivity index (χ3v) is 11.7. The van der Waals surface area contributed by atoms with Gasteiger partial charge in [-0.2, -0.15) is 0 Å². The van der Waals surface area contributed by atoms with Crippen LogP contribution in [0, 0.1) is 0 Å². The zero-order valence-corrected chi connectivity index (χ0v) is 27.9. The third kappa shape index (κ3) is 4.08. The third-order valence-electron chi connectivity index (χ3n) is 11.7. The first-order valence-electron chi connectivity index (χ1n) is 17.9. The van der Waals surface area contributed by atoms with Crippen molar-refractivity contribution in [1.82, 2.24) is 4.57 Å². The van der Waals surface area contributed by atoms with Crippen LogP contribution < -0.4 is 0 Å². The van der Waals surface area contributed by atoms with Crippen molar-refractivity contribution in [2.24, 2.45) is 4.99 Å². The number of aliphatic imine (C=N–C) groups is 1. The van der Waals surface area contributed by atoms with Gasteiger partial charge in [0.05, 0.1) is 16.9 Å². The number of aromatic nitrogens is 1. The van der Waals surface area contributed by atoms with Gasteiger partial charge in [-0.3, -0.25) is 4.99 Å². The molecule has 0 saturated carbocycles. The van der Waals surface area contributed by atoms with Gasteiger partial charge in [-0.25, -0.2) is 0 Å². The molecule has 0 fully saturated rings. The smallest absolute Gasteiger partial charge is 0.0682 e. The summed E-state index contributed by atoms with van der Waals surface area (Å²) in [7, 11) is 0. The summed E-state index contributed by atoms with van der Waals surface area (Å²) in [4.78, 5) is 5.26. The van der Waals surface area contributed by atoms with Crippen LogP contribution in [0.25, 0.3) is 46.5 Å². The van der Waals surface area contributed by atoms with E-state index in [0.717, 1.165) is 43.5 Å². The predicted molar refractivity (Wildman–Crippen MR) is 204 cm³/mol. The summed E-state index contributed by atoms with van der Waals surface area (Å²) >= 11 is 0. The minimum Gasteiger partial charge on any atom is -0.310 e. The second-order valence-corrected chi connectivity index (χ2v) is 14.8. The molecule has 2 nitrogen and oxygen atoms in total. The highest BCUT2D eigenvalue weighted by atomic mass is 15.0. The van der Waals surface area contributed by atoms with E-state index in [1.807, 2.05) is 0 Å². The molecular weight excluding hydrogens is 581 g/mol. The van der Waals surface area contributed by atoms with Gasteiger partial charge in [0.2, 0.25) is 0 Å². The maximum absolute atomic E-state index is 5.26. The number of nitrogens with zero attached hydrogens (tertiary/aromatic N) is 2. The van der Waals surface area contributed by atoms with Gasteiger partial charge in [-0.15, -0.1) is 0 Å². The van der Waals surface area contributed by atoms with Gasteiger partial charge in [0, 0.05) is 22.2 Å². The lowest BCUT2D eigenvalue weighted by Crippen LogP contribution is -2.26.